The van der Waals surface area contributed by atoms with E-state index in [0.29, 0.717) is 11.6 Å². The number of rotatable bonds is 4. The highest BCUT2D eigenvalue weighted by atomic mass is 79.9. The van der Waals surface area contributed by atoms with Crippen LogP contribution in [0, 0.1) is 0 Å². The standard InChI is InChI=1S/C9H12BrClN2O/c1-6(14-2)4-12-9-8(10)3-7(11)5-13-9/h3,5-6H,4H2,1-2H3,(H,12,13). The maximum absolute atomic E-state index is 5.76. The van der Waals surface area contributed by atoms with Gasteiger partial charge in [-0.25, -0.2) is 4.98 Å². The molecule has 0 aromatic carbocycles. The lowest BCUT2D eigenvalue weighted by Crippen LogP contribution is -2.18. The van der Waals surface area contributed by atoms with Crippen LogP contribution in [-0.2, 0) is 4.74 Å². The Hall–Kier alpha value is -0.320. The SMILES string of the molecule is COC(C)CNc1ncc(Cl)cc1Br. The molecule has 0 amide bonds. The predicted molar refractivity (Wildman–Crippen MR) is 61.9 cm³/mol. The minimum atomic E-state index is 0.152. The molecule has 0 aliphatic carbocycles. The summed E-state index contributed by atoms with van der Waals surface area (Å²) in [6.07, 6.45) is 1.76. The third kappa shape index (κ3) is 3.44. The topological polar surface area (TPSA) is 34.1 Å². The number of anilines is 1. The van der Waals surface area contributed by atoms with Gasteiger partial charge < -0.3 is 10.1 Å². The normalized spacial score (nSPS) is 12.6. The molecule has 3 nitrogen and oxygen atoms in total. The summed E-state index contributed by atoms with van der Waals surface area (Å²) in [7, 11) is 1.68. The Morgan fingerprint density at radius 3 is 3.00 bits per heavy atom. The fraction of sp³-hybridized carbons (Fsp3) is 0.444. The van der Waals surface area contributed by atoms with E-state index in [1.165, 1.54) is 0 Å². The van der Waals surface area contributed by atoms with Gasteiger partial charge in [-0.05, 0) is 28.9 Å². The second kappa shape index (κ2) is 5.53. The van der Waals surface area contributed by atoms with Crippen LogP contribution >= 0.6 is 27.5 Å². The highest BCUT2D eigenvalue weighted by Crippen LogP contribution is 2.22. The summed E-state index contributed by atoms with van der Waals surface area (Å²) >= 11 is 9.13. The number of nitrogens with zero attached hydrogens (tertiary/aromatic N) is 1. The quantitative estimate of drug-likeness (QED) is 0.920. The van der Waals surface area contributed by atoms with Crippen molar-refractivity contribution >= 4 is 33.3 Å². The fourth-order valence-corrected chi connectivity index (χ4v) is 1.65. The van der Waals surface area contributed by atoms with Crippen LogP contribution in [0.25, 0.3) is 0 Å². The molecule has 0 aliphatic rings. The Morgan fingerprint density at radius 2 is 2.43 bits per heavy atom. The van der Waals surface area contributed by atoms with Gasteiger partial charge in [-0.2, -0.15) is 0 Å². The summed E-state index contributed by atoms with van der Waals surface area (Å²) in [5, 5.41) is 3.76. The molecule has 0 spiro atoms. The van der Waals surface area contributed by atoms with Crippen molar-refractivity contribution in [2.45, 2.75) is 13.0 Å². The maximum Gasteiger partial charge on any atom is 0.140 e. The van der Waals surface area contributed by atoms with Gasteiger partial charge in [0.25, 0.3) is 0 Å². The molecule has 0 saturated carbocycles. The van der Waals surface area contributed by atoms with Crippen LogP contribution in [0.3, 0.4) is 0 Å². The van der Waals surface area contributed by atoms with E-state index in [0.717, 1.165) is 10.3 Å². The lowest BCUT2D eigenvalue weighted by molar-refractivity contribution is 0.128. The Kier molecular flexibility index (Phi) is 4.65. The van der Waals surface area contributed by atoms with Crippen LogP contribution in [0.2, 0.25) is 5.02 Å². The molecule has 1 aromatic heterocycles. The van der Waals surface area contributed by atoms with E-state index in [9.17, 15) is 0 Å². The van der Waals surface area contributed by atoms with Crippen LogP contribution in [0.15, 0.2) is 16.7 Å². The third-order valence-electron chi connectivity index (χ3n) is 1.77. The Morgan fingerprint density at radius 1 is 1.71 bits per heavy atom. The van der Waals surface area contributed by atoms with Crippen LogP contribution in [0.5, 0.6) is 0 Å². The van der Waals surface area contributed by atoms with Crippen molar-refractivity contribution in [2.75, 3.05) is 19.0 Å². The number of aromatic nitrogens is 1. The van der Waals surface area contributed by atoms with E-state index < -0.39 is 0 Å². The van der Waals surface area contributed by atoms with Crippen molar-refractivity contribution in [1.82, 2.24) is 4.98 Å². The number of nitrogens with one attached hydrogen (secondary N) is 1. The first-order valence-electron chi connectivity index (χ1n) is 4.21. The molecule has 0 fully saturated rings. The van der Waals surface area contributed by atoms with E-state index in [1.54, 1.807) is 19.4 Å². The molecule has 78 valence electrons. The van der Waals surface area contributed by atoms with E-state index in [4.69, 9.17) is 16.3 Å². The molecule has 0 bridgehead atoms. The van der Waals surface area contributed by atoms with Gasteiger partial charge in [0.1, 0.15) is 5.82 Å². The zero-order valence-electron chi connectivity index (χ0n) is 8.05. The van der Waals surface area contributed by atoms with Gasteiger partial charge in [0.05, 0.1) is 15.6 Å². The maximum atomic E-state index is 5.76. The molecular weight excluding hydrogens is 267 g/mol. The molecular formula is C9H12BrClN2O. The van der Waals surface area contributed by atoms with Gasteiger partial charge in [-0.3, -0.25) is 0 Å². The first-order valence-corrected chi connectivity index (χ1v) is 5.38. The summed E-state index contributed by atoms with van der Waals surface area (Å²) < 4.78 is 5.96. The number of ether oxygens (including phenoxy) is 1. The molecule has 1 aromatic rings. The minimum absolute atomic E-state index is 0.152. The molecule has 14 heavy (non-hydrogen) atoms. The predicted octanol–water partition coefficient (Wildman–Crippen LogP) is 2.94. The van der Waals surface area contributed by atoms with Crippen molar-refractivity contribution < 1.29 is 4.74 Å². The van der Waals surface area contributed by atoms with E-state index >= 15 is 0 Å². The molecule has 5 heteroatoms. The lowest BCUT2D eigenvalue weighted by Gasteiger charge is -2.12. The van der Waals surface area contributed by atoms with Gasteiger partial charge >= 0.3 is 0 Å². The number of pyridine rings is 1. The van der Waals surface area contributed by atoms with Gasteiger partial charge in [-0.1, -0.05) is 11.6 Å². The summed E-state index contributed by atoms with van der Waals surface area (Å²) in [6, 6.07) is 1.80. The van der Waals surface area contributed by atoms with Crippen molar-refractivity contribution in [1.29, 1.82) is 0 Å². The van der Waals surface area contributed by atoms with Gasteiger partial charge in [0.15, 0.2) is 0 Å². The first-order chi connectivity index (χ1) is 6.63. The monoisotopic (exact) mass is 278 g/mol. The highest BCUT2D eigenvalue weighted by molar-refractivity contribution is 9.10. The van der Waals surface area contributed by atoms with Crippen LogP contribution < -0.4 is 5.32 Å². The summed E-state index contributed by atoms with van der Waals surface area (Å²) in [4.78, 5) is 4.14. The minimum Gasteiger partial charge on any atom is -0.380 e. The summed E-state index contributed by atoms with van der Waals surface area (Å²) in [5.74, 6) is 0.776. The second-order valence-corrected chi connectivity index (χ2v) is 4.20. The Labute approximate surface area is 96.9 Å². The fourth-order valence-electron chi connectivity index (χ4n) is 0.868. The third-order valence-corrected chi connectivity index (χ3v) is 2.58. The zero-order chi connectivity index (χ0) is 10.6. The van der Waals surface area contributed by atoms with Crippen LogP contribution in [0.1, 0.15) is 6.92 Å². The number of hydrogen-bond acceptors (Lipinski definition) is 3. The van der Waals surface area contributed by atoms with Crippen molar-refractivity contribution in [2.24, 2.45) is 0 Å². The molecule has 1 rings (SSSR count). The molecule has 0 aliphatic heterocycles. The van der Waals surface area contributed by atoms with Gasteiger partial charge in [-0.15, -0.1) is 0 Å². The molecule has 1 atom stereocenters. The number of halogens is 2. The Balaban J connectivity index is 2.59. The van der Waals surface area contributed by atoms with Crippen molar-refractivity contribution in [3.05, 3.63) is 21.8 Å². The highest BCUT2D eigenvalue weighted by Gasteiger charge is 2.04. The van der Waals surface area contributed by atoms with Crippen LogP contribution in [-0.4, -0.2) is 24.7 Å². The molecule has 0 saturated heterocycles. The second-order valence-electron chi connectivity index (χ2n) is 2.91. The van der Waals surface area contributed by atoms with Gasteiger partial charge in [0.2, 0.25) is 0 Å². The smallest absolute Gasteiger partial charge is 0.140 e. The number of hydrogen-bond donors (Lipinski definition) is 1. The zero-order valence-corrected chi connectivity index (χ0v) is 10.4. The summed E-state index contributed by atoms with van der Waals surface area (Å²) in [6.45, 7) is 2.69. The molecule has 0 radical (unpaired) electrons. The average molecular weight is 280 g/mol. The van der Waals surface area contributed by atoms with Crippen molar-refractivity contribution in [3.8, 4) is 0 Å². The van der Waals surface area contributed by atoms with Crippen molar-refractivity contribution in [3.63, 3.8) is 0 Å². The Bertz CT molecular complexity index is 309. The van der Waals surface area contributed by atoms with Gasteiger partial charge in [0, 0.05) is 19.9 Å². The summed E-state index contributed by atoms with van der Waals surface area (Å²) in [5.41, 5.74) is 0. The molecule has 1 N–H and O–H groups in total. The molecule has 1 unspecified atom stereocenters. The van der Waals surface area contributed by atoms with E-state index in [1.807, 2.05) is 6.92 Å². The van der Waals surface area contributed by atoms with E-state index in [-0.39, 0.29) is 6.10 Å². The average Bonchev–Trinajstić information content (AvgIpc) is 2.16. The molecule has 1 heterocycles. The largest absolute Gasteiger partial charge is 0.380 e. The van der Waals surface area contributed by atoms with E-state index in [2.05, 4.69) is 26.2 Å². The first kappa shape index (κ1) is 11.8. The lowest BCUT2D eigenvalue weighted by atomic mass is 10.4. The van der Waals surface area contributed by atoms with Crippen LogP contribution in [0.4, 0.5) is 5.82 Å². The number of methoxy groups -OCH3 is 1.